The number of benzene rings is 1. The van der Waals surface area contributed by atoms with Gasteiger partial charge in [0.25, 0.3) is 0 Å². The maximum atomic E-state index is 5.80. The summed E-state index contributed by atoms with van der Waals surface area (Å²) < 4.78 is 0. The number of anilines is 2. The van der Waals surface area contributed by atoms with E-state index in [0.29, 0.717) is 11.2 Å². The number of nitrogens with zero attached hydrogens (tertiary/aromatic N) is 1. The molecule has 1 unspecified atom stereocenters. The van der Waals surface area contributed by atoms with Gasteiger partial charge in [0.05, 0.1) is 5.69 Å². The zero-order valence-corrected chi connectivity index (χ0v) is 13.8. The number of nitrogen functional groups attached to an aromatic ring is 1. The number of hydrogen-bond acceptors (Lipinski definition) is 4. The normalized spacial score (nSPS) is 18.3. The number of nitrogens with one attached hydrogen (secondary N) is 1. The minimum atomic E-state index is 0.207. The summed E-state index contributed by atoms with van der Waals surface area (Å²) in [7, 11) is 0. The van der Waals surface area contributed by atoms with E-state index in [9.17, 15) is 0 Å². The fraction of sp³-hybridized carbons (Fsp3) is 0.471. The van der Waals surface area contributed by atoms with Crippen LogP contribution in [0.1, 0.15) is 43.3 Å². The average Bonchev–Trinajstić information content (AvgIpc) is 2.78. The summed E-state index contributed by atoms with van der Waals surface area (Å²) in [6.45, 7) is 6.73. The quantitative estimate of drug-likeness (QED) is 0.881. The lowest BCUT2D eigenvalue weighted by molar-refractivity contribution is 0.589. The molecule has 0 bridgehead atoms. The second kappa shape index (κ2) is 5.34. The van der Waals surface area contributed by atoms with E-state index >= 15 is 0 Å². The van der Waals surface area contributed by atoms with Crippen molar-refractivity contribution in [1.82, 2.24) is 4.98 Å². The first-order valence-corrected chi connectivity index (χ1v) is 8.34. The van der Waals surface area contributed by atoms with E-state index in [1.165, 1.54) is 21.8 Å². The van der Waals surface area contributed by atoms with Crippen molar-refractivity contribution in [2.45, 2.75) is 51.5 Å². The van der Waals surface area contributed by atoms with Gasteiger partial charge in [-0.25, -0.2) is 4.98 Å². The number of hydrogen-bond donors (Lipinski definition) is 2. The third-order valence-electron chi connectivity index (χ3n) is 4.08. The Morgan fingerprint density at radius 3 is 2.62 bits per heavy atom. The van der Waals surface area contributed by atoms with Crippen LogP contribution in [0.3, 0.4) is 0 Å². The highest BCUT2D eigenvalue weighted by atomic mass is 32.1. The summed E-state index contributed by atoms with van der Waals surface area (Å²) in [5, 5.41) is 4.35. The van der Waals surface area contributed by atoms with Gasteiger partial charge >= 0.3 is 0 Å². The summed E-state index contributed by atoms with van der Waals surface area (Å²) in [6.07, 6.45) is 3.18. The molecular formula is C17H23N3S. The zero-order valence-electron chi connectivity index (χ0n) is 12.9. The van der Waals surface area contributed by atoms with Crippen molar-refractivity contribution in [1.29, 1.82) is 0 Å². The van der Waals surface area contributed by atoms with Gasteiger partial charge in [-0.15, -0.1) is 11.3 Å². The van der Waals surface area contributed by atoms with Crippen LogP contribution >= 0.6 is 11.3 Å². The largest absolute Gasteiger partial charge is 0.382 e. The number of aromatic nitrogens is 1. The first-order chi connectivity index (χ1) is 9.91. The first kappa shape index (κ1) is 14.4. The van der Waals surface area contributed by atoms with Crippen LogP contribution < -0.4 is 11.1 Å². The van der Waals surface area contributed by atoms with E-state index in [4.69, 9.17) is 5.73 Å². The first-order valence-electron chi connectivity index (χ1n) is 7.53. The molecule has 0 saturated heterocycles. The SMILES string of the molecule is CC(C)(C)c1ccc(NC2CCc3nc(N)sc3C2)cc1. The van der Waals surface area contributed by atoms with Gasteiger partial charge in [0, 0.05) is 23.0 Å². The van der Waals surface area contributed by atoms with Crippen molar-refractivity contribution >= 4 is 22.2 Å². The van der Waals surface area contributed by atoms with Crippen LogP contribution in [0.15, 0.2) is 24.3 Å². The predicted molar refractivity (Wildman–Crippen MR) is 91.1 cm³/mol. The lowest BCUT2D eigenvalue weighted by atomic mass is 9.87. The number of nitrogens with two attached hydrogens (primary N) is 1. The molecule has 1 aromatic heterocycles. The van der Waals surface area contributed by atoms with E-state index in [0.717, 1.165) is 19.3 Å². The van der Waals surface area contributed by atoms with Crippen molar-refractivity contribution in [2.75, 3.05) is 11.1 Å². The van der Waals surface area contributed by atoms with Gasteiger partial charge in [-0.2, -0.15) is 0 Å². The fourth-order valence-corrected chi connectivity index (χ4v) is 3.78. The van der Waals surface area contributed by atoms with Gasteiger partial charge in [0.15, 0.2) is 5.13 Å². The molecule has 3 rings (SSSR count). The molecule has 2 aromatic rings. The van der Waals surface area contributed by atoms with Crippen LogP contribution in [0.4, 0.5) is 10.8 Å². The van der Waals surface area contributed by atoms with Crippen molar-refractivity contribution in [3.63, 3.8) is 0 Å². The molecule has 0 radical (unpaired) electrons. The molecule has 0 aliphatic heterocycles. The highest BCUT2D eigenvalue weighted by molar-refractivity contribution is 7.15. The highest BCUT2D eigenvalue weighted by Crippen LogP contribution is 2.30. The molecular weight excluding hydrogens is 278 g/mol. The topological polar surface area (TPSA) is 50.9 Å². The lowest BCUT2D eigenvalue weighted by Gasteiger charge is -2.24. The molecule has 21 heavy (non-hydrogen) atoms. The molecule has 1 aliphatic rings. The van der Waals surface area contributed by atoms with Crippen LogP contribution in [0, 0.1) is 0 Å². The molecule has 1 aromatic carbocycles. The zero-order chi connectivity index (χ0) is 15.0. The van der Waals surface area contributed by atoms with Crippen molar-refractivity contribution in [3.05, 3.63) is 40.4 Å². The summed E-state index contributed by atoms with van der Waals surface area (Å²) in [4.78, 5) is 5.75. The van der Waals surface area contributed by atoms with E-state index < -0.39 is 0 Å². The smallest absolute Gasteiger partial charge is 0.180 e. The highest BCUT2D eigenvalue weighted by Gasteiger charge is 2.22. The van der Waals surface area contributed by atoms with Crippen molar-refractivity contribution < 1.29 is 0 Å². The van der Waals surface area contributed by atoms with E-state index in [1.807, 2.05) is 0 Å². The molecule has 1 heterocycles. The molecule has 0 spiro atoms. The average molecular weight is 301 g/mol. The molecule has 3 N–H and O–H groups in total. The Labute approximate surface area is 130 Å². The van der Waals surface area contributed by atoms with Crippen LogP contribution in [-0.4, -0.2) is 11.0 Å². The van der Waals surface area contributed by atoms with Crippen LogP contribution in [0.2, 0.25) is 0 Å². The van der Waals surface area contributed by atoms with Crippen molar-refractivity contribution in [3.8, 4) is 0 Å². The molecule has 3 nitrogen and oxygen atoms in total. The Kier molecular flexibility index (Phi) is 3.66. The van der Waals surface area contributed by atoms with Crippen LogP contribution in [-0.2, 0) is 18.3 Å². The minimum Gasteiger partial charge on any atom is -0.382 e. The maximum Gasteiger partial charge on any atom is 0.180 e. The molecule has 0 amide bonds. The van der Waals surface area contributed by atoms with Crippen LogP contribution in [0.5, 0.6) is 0 Å². The monoisotopic (exact) mass is 301 g/mol. The second-order valence-electron chi connectivity index (χ2n) is 6.83. The Morgan fingerprint density at radius 1 is 1.24 bits per heavy atom. The predicted octanol–water partition coefficient (Wildman–Crippen LogP) is 3.99. The molecule has 1 atom stereocenters. The summed E-state index contributed by atoms with van der Waals surface area (Å²) >= 11 is 1.64. The molecule has 4 heteroatoms. The van der Waals surface area contributed by atoms with Gasteiger partial charge in [-0.05, 0) is 36.0 Å². The Bertz CT molecular complexity index is 622. The summed E-state index contributed by atoms with van der Waals surface area (Å²) in [5.41, 5.74) is 9.79. The number of thiazole rings is 1. The van der Waals surface area contributed by atoms with E-state index in [-0.39, 0.29) is 5.41 Å². The van der Waals surface area contributed by atoms with Crippen molar-refractivity contribution in [2.24, 2.45) is 0 Å². The van der Waals surface area contributed by atoms with E-state index in [1.54, 1.807) is 11.3 Å². The van der Waals surface area contributed by atoms with Gasteiger partial charge in [0.1, 0.15) is 0 Å². The van der Waals surface area contributed by atoms with E-state index in [2.05, 4.69) is 55.3 Å². The third-order valence-corrected chi connectivity index (χ3v) is 5.03. The standard InChI is InChI=1S/C17H23N3S/c1-17(2,3)11-4-6-12(7-5-11)19-13-8-9-14-15(10-13)21-16(18)20-14/h4-7,13,19H,8-10H2,1-3H3,(H2,18,20). The second-order valence-corrected chi connectivity index (χ2v) is 7.95. The Balaban J connectivity index is 1.68. The fourth-order valence-electron chi connectivity index (χ4n) is 2.82. The summed E-state index contributed by atoms with van der Waals surface area (Å²) in [6, 6.07) is 9.31. The van der Waals surface area contributed by atoms with Crippen LogP contribution in [0.25, 0.3) is 0 Å². The number of rotatable bonds is 2. The van der Waals surface area contributed by atoms with Gasteiger partial charge < -0.3 is 11.1 Å². The van der Waals surface area contributed by atoms with Gasteiger partial charge in [-0.3, -0.25) is 0 Å². The maximum absolute atomic E-state index is 5.80. The lowest BCUT2D eigenvalue weighted by Crippen LogP contribution is -2.26. The molecule has 1 aliphatic carbocycles. The van der Waals surface area contributed by atoms with Gasteiger partial charge in [0.2, 0.25) is 0 Å². The Morgan fingerprint density at radius 2 is 1.95 bits per heavy atom. The molecule has 0 saturated carbocycles. The Hall–Kier alpha value is -1.55. The molecule has 0 fully saturated rings. The number of aryl methyl sites for hydroxylation is 1. The third kappa shape index (κ3) is 3.21. The number of fused-ring (bicyclic) bond motifs is 1. The minimum absolute atomic E-state index is 0.207. The van der Waals surface area contributed by atoms with Gasteiger partial charge in [-0.1, -0.05) is 32.9 Å². The summed E-state index contributed by atoms with van der Waals surface area (Å²) in [5.74, 6) is 0. The molecule has 112 valence electrons.